The molecular formula is C20H22F3N3OS. The van der Waals surface area contributed by atoms with E-state index in [0.29, 0.717) is 11.9 Å². The number of para-hydroxylation sites is 1. The minimum Gasteiger partial charge on any atom is -0.355 e. The highest BCUT2D eigenvalue weighted by Gasteiger charge is 2.35. The molecule has 0 bridgehead atoms. The highest BCUT2D eigenvalue weighted by molar-refractivity contribution is 8.00. The molecule has 0 saturated heterocycles. The molecule has 28 heavy (non-hydrogen) atoms. The van der Waals surface area contributed by atoms with Crippen LogP contribution in [0.15, 0.2) is 40.9 Å². The van der Waals surface area contributed by atoms with Crippen LogP contribution in [0.2, 0.25) is 0 Å². The molecule has 1 atom stereocenters. The fourth-order valence-corrected chi connectivity index (χ4v) is 4.07. The summed E-state index contributed by atoms with van der Waals surface area (Å²) in [6.45, 7) is 2.21. The van der Waals surface area contributed by atoms with Crippen LogP contribution in [0.5, 0.6) is 0 Å². The van der Waals surface area contributed by atoms with E-state index in [9.17, 15) is 18.0 Å². The van der Waals surface area contributed by atoms with Gasteiger partial charge in [-0.3, -0.25) is 4.79 Å². The molecule has 150 valence electrons. The summed E-state index contributed by atoms with van der Waals surface area (Å²) in [4.78, 5) is 19.7. The average molecular weight is 409 g/mol. The molecule has 0 fully saturated rings. The number of nitrogens with one attached hydrogen (secondary N) is 1. The maximum Gasteiger partial charge on any atom is 0.451 e. The summed E-state index contributed by atoms with van der Waals surface area (Å²) in [6, 6.07) is 6.52. The van der Waals surface area contributed by atoms with Crippen molar-refractivity contribution in [3.8, 4) is 0 Å². The van der Waals surface area contributed by atoms with E-state index in [-0.39, 0.29) is 16.4 Å². The second-order valence-corrected chi connectivity index (χ2v) is 8.11. The Kier molecular flexibility index (Phi) is 6.59. The zero-order valence-corrected chi connectivity index (χ0v) is 16.4. The minimum absolute atomic E-state index is 0.163. The van der Waals surface area contributed by atoms with Crippen molar-refractivity contribution in [3.63, 3.8) is 0 Å². The summed E-state index contributed by atoms with van der Waals surface area (Å²) in [7, 11) is 0. The van der Waals surface area contributed by atoms with Crippen LogP contribution in [0.4, 0.5) is 13.2 Å². The topological polar surface area (TPSA) is 54.9 Å². The molecule has 0 saturated carbocycles. The van der Waals surface area contributed by atoms with Gasteiger partial charge in [0.25, 0.3) is 0 Å². The predicted octanol–water partition coefficient (Wildman–Crippen LogP) is 5.14. The van der Waals surface area contributed by atoms with Gasteiger partial charge in [-0.15, -0.1) is 0 Å². The number of hydrogen-bond acceptors (Lipinski definition) is 4. The zero-order valence-electron chi connectivity index (χ0n) is 15.6. The van der Waals surface area contributed by atoms with Gasteiger partial charge in [-0.05, 0) is 45.1 Å². The van der Waals surface area contributed by atoms with Gasteiger partial charge in [-0.2, -0.15) is 13.2 Å². The van der Waals surface area contributed by atoms with Crippen LogP contribution < -0.4 is 5.32 Å². The lowest BCUT2D eigenvalue weighted by molar-refractivity contribution is -0.145. The van der Waals surface area contributed by atoms with E-state index < -0.39 is 17.3 Å². The van der Waals surface area contributed by atoms with Crippen LogP contribution in [0.1, 0.15) is 44.9 Å². The van der Waals surface area contributed by atoms with E-state index in [0.717, 1.165) is 31.0 Å². The number of amides is 1. The summed E-state index contributed by atoms with van der Waals surface area (Å²) in [5, 5.41) is 2.98. The van der Waals surface area contributed by atoms with Crippen molar-refractivity contribution in [2.45, 2.75) is 55.5 Å². The number of aromatic nitrogens is 2. The van der Waals surface area contributed by atoms with Crippen LogP contribution in [0.3, 0.4) is 0 Å². The third kappa shape index (κ3) is 5.25. The number of allylic oxidation sites excluding steroid dienone is 1. The molecule has 0 unspecified atom stereocenters. The number of hydrogen-bond donors (Lipinski definition) is 1. The molecule has 2 aromatic rings. The van der Waals surface area contributed by atoms with Gasteiger partial charge in [0.1, 0.15) is 5.03 Å². The fraction of sp³-hybridized carbons (Fsp3) is 0.450. The fourth-order valence-electron chi connectivity index (χ4n) is 3.11. The van der Waals surface area contributed by atoms with Crippen LogP contribution in [0.25, 0.3) is 10.9 Å². The van der Waals surface area contributed by atoms with Crippen LogP contribution >= 0.6 is 11.8 Å². The van der Waals surface area contributed by atoms with E-state index in [1.807, 2.05) is 0 Å². The Hall–Kier alpha value is -2.09. The SMILES string of the molecule is C[C@H](Sc1nc(C(F)(F)F)nc2ccccc12)C(=O)NCCC1=CCCCC1. The van der Waals surface area contributed by atoms with Crippen molar-refractivity contribution in [3.05, 3.63) is 41.7 Å². The summed E-state index contributed by atoms with van der Waals surface area (Å²) in [5.41, 5.74) is 1.58. The molecule has 1 aromatic carbocycles. The molecule has 4 nitrogen and oxygen atoms in total. The van der Waals surface area contributed by atoms with E-state index in [4.69, 9.17) is 0 Å². The molecule has 1 aliphatic carbocycles. The summed E-state index contributed by atoms with van der Waals surface area (Å²) in [5.74, 6) is -1.40. The van der Waals surface area contributed by atoms with E-state index in [1.54, 1.807) is 25.1 Å². The molecule has 1 heterocycles. The molecule has 1 aromatic heterocycles. The van der Waals surface area contributed by atoms with Gasteiger partial charge in [-0.1, -0.05) is 41.6 Å². The van der Waals surface area contributed by atoms with E-state index >= 15 is 0 Å². The predicted molar refractivity (Wildman–Crippen MR) is 104 cm³/mol. The van der Waals surface area contributed by atoms with Crippen molar-refractivity contribution in [1.82, 2.24) is 15.3 Å². The molecule has 0 spiro atoms. The number of halogens is 3. The van der Waals surface area contributed by atoms with Crippen LogP contribution in [-0.2, 0) is 11.0 Å². The number of nitrogens with zero attached hydrogens (tertiary/aromatic N) is 2. The maximum atomic E-state index is 13.1. The van der Waals surface area contributed by atoms with Gasteiger partial charge >= 0.3 is 6.18 Å². The number of fused-ring (bicyclic) bond motifs is 1. The minimum atomic E-state index is -4.64. The number of carbonyl (C=O) groups excluding carboxylic acids is 1. The van der Waals surface area contributed by atoms with Crippen molar-refractivity contribution in [1.29, 1.82) is 0 Å². The second kappa shape index (κ2) is 8.94. The lowest BCUT2D eigenvalue weighted by Gasteiger charge is -2.16. The Bertz CT molecular complexity index is 883. The Morgan fingerprint density at radius 3 is 2.75 bits per heavy atom. The first-order valence-corrected chi connectivity index (χ1v) is 10.2. The molecule has 0 aliphatic heterocycles. The summed E-state index contributed by atoms with van der Waals surface area (Å²) in [6.07, 6.45) is 2.99. The molecular weight excluding hydrogens is 387 g/mol. The Labute approximate surface area is 166 Å². The standard InChI is InChI=1S/C20H22F3N3OS/c1-13(17(27)24-12-11-14-7-3-2-4-8-14)28-18-15-9-5-6-10-16(15)25-19(26-18)20(21,22)23/h5-7,9-10,13H,2-4,8,11-12H2,1H3,(H,24,27)/t13-/m0/s1. The van der Waals surface area contributed by atoms with Crippen LogP contribution in [-0.4, -0.2) is 27.7 Å². The van der Waals surface area contributed by atoms with Crippen molar-refractivity contribution in [2.75, 3.05) is 6.54 Å². The summed E-state index contributed by atoms with van der Waals surface area (Å²) >= 11 is 1.02. The van der Waals surface area contributed by atoms with Gasteiger partial charge in [0.2, 0.25) is 11.7 Å². The number of carbonyl (C=O) groups is 1. The third-order valence-corrected chi connectivity index (χ3v) is 5.71. The lowest BCUT2D eigenvalue weighted by Crippen LogP contribution is -2.32. The normalized spacial score (nSPS) is 15.9. The lowest BCUT2D eigenvalue weighted by atomic mass is 9.97. The third-order valence-electron chi connectivity index (χ3n) is 4.61. The van der Waals surface area contributed by atoms with Gasteiger partial charge in [0.15, 0.2) is 0 Å². The molecule has 1 aliphatic rings. The smallest absolute Gasteiger partial charge is 0.355 e. The molecule has 3 rings (SSSR count). The molecule has 8 heteroatoms. The van der Waals surface area contributed by atoms with Gasteiger partial charge in [0, 0.05) is 11.9 Å². The number of thioether (sulfide) groups is 1. The first-order chi connectivity index (χ1) is 13.3. The van der Waals surface area contributed by atoms with Crippen molar-refractivity contribution >= 4 is 28.6 Å². The van der Waals surface area contributed by atoms with Crippen molar-refractivity contribution < 1.29 is 18.0 Å². The average Bonchev–Trinajstić information content (AvgIpc) is 2.68. The first kappa shape index (κ1) is 20.6. The Morgan fingerprint density at radius 1 is 1.25 bits per heavy atom. The number of benzene rings is 1. The van der Waals surface area contributed by atoms with E-state index in [1.165, 1.54) is 24.5 Å². The summed E-state index contributed by atoms with van der Waals surface area (Å²) < 4.78 is 39.3. The molecule has 1 N–H and O–H groups in total. The van der Waals surface area contributed by atoms with Crippen molar-refractivity contribution in [2.24, 2.45) is 0 Å². The second-order valence-electron chi connectivity index (χ2n) is 6.78. The number of rotatable bonds is 6. The van der Waals surface area contributed by atoms with Gasteiger partial charge in [0.05, 0.1) is 10.8 Å². The zero-order chi connectivity index (χ0) is 20.1. The monoisotopic (exact) mass is 409 g/mol. The number of alkyl halides is 3. The Morgan fingerprint density at radius 2 is 2.04 bits per heavy atom. The highest BCUT2D eigenvalue weighted by atomic mass is 32.2. The largest absolute Gasteiger partial charge is 0.451 e. The Balaban J connectivity index is 1.68. The highest BCUT2D eigenvalue weighted by Crippen LogP contribution is 2.33. The molecule has 1 amide bonds. The molecule has 0 radical (unpaired) electrons. The van der Waals surface area contributed by atoms with Gasteiger partial charge < -0.3 is 5.32 Å². The van der Waals surface area contributed by atoms with E-state index in [2.05, 4.69) is 21.4 Å². The van der Waals surface area contributed by atoms with Crippen LogP contribution in [0, 0.1) is 0 Å². The first-order valence-electron chi connectivity index (χ1n) is 9.31. The maximum absolute atomic E-state index is 13.1. The quantitative estimate of drug-likeness (QED) is 0.408. The van der Waals surface area contributed by atoms with Gasteiger partial charge in [-0.25, -0.2) is 9.97 Å².